The molecule has 40 heavy (non-hydrogen) atoms. The van der Waals surface area contributed by atoms with Crippen molar-refractivity contribution in [3.8, 4) is 0 Å². The second-order valence-corrected chi connectivity index (χ2v) is 9.67. The number of nitrogens with zero attached hydrogens (tertiary/aromatic N) is 4. The van der Waals surface area contributed by atoms with Crippen LogP contribution >= 0.6 is 0 Å². The first-order valence-electron chi connectivity index (χ1n) is 12.9. The molecule has 1 aromatic heterocycles. The first-order chi connectivity index (χ1) is 19.3. The minimum absolute atomic E-state index is 0.0341. The minimum atomic E-state index is -0.463. The predicted octanol–water partition coefficient (Wildman–Crippen LogP) is 3.39. The molecule has 0 fully saturated rings. The molecule has 2 heterocycles. The summed E-state index contributed by atoms with van der Waals surface area (Å²) in [7, 11) is 3.23. The number of H-pyrrole nitrogens is 1. The monoisotopic (exact) mass is 539 g/mol. The fourth-order valence-electron chi connectivity index (χ4n) is 4.58. The molecule has 0 bridgehead atoms. The van der Waals surface area contributed by atoms with Gasteiger partial charge >= 0.3 is 5.97 Å². The van der Waals surface area contributed by atoms with Crippen LogP contribution in [0.25, 0.3) is 11.0 Å². The van der Waals surface area contributed by atoms with Crippen LogP contribution in [0.15, 0.2) is 72.8 Å². The van der Waals surface area contributed by atoms with Crippen molar-refractivity contribution in [2.75, 3.05) is 32.1 Å². The summed E-state index contributed by atoms with van der Waals surface area (Å²) in [6.07, 6.45) is -0.0476. The van der Waals surface area contributed by atoms with E-state index in [2.05, 4.69) is 9.97 Å². The summed E-state index contributed by atoms with van der Waals surface area (Å²) in [4.78, 5) is 63.8. The highest BCUT2D eigenvalue weighted by molar-refractivity contribution is 6.10. The number of carbonyl (C=O) groups excluding carboxylic acids is 4. The van der Waals surface area contributed by atoms with Crippen LogP contribution in [-0.2, 0) is 27.5 Å². The van der Waals surface area contributed by atoms with Gasteiger partial charge in [-0.05, 0) is 35.9 Å². The SMILES string of the molecule is CN(Cc1nc2ccccc2[nH]1)C(=O)c1ccc2c(c1)N(C)C(=O)CN(CCC(=O)OCc1ccccc1)C2=O. The number of ether oxygens (including phenoxy) is 1. The third-order valence-corrected chi connectivity index (χ3v) is 6.82. The molecule has 1 aliphatic heterocycles. The van der Waals surface area contributed by atoms with Crippen LogP contribution < -0.4 is 4.90 Å². The second-order valence-electron chi connectivity index (χ2n) is 9.67. The van der Waals surface area contributed by atoms with Crippen molar-refractivity contribution >= 4 is 40.4 Å². The molecule has 3 amide bonds. The molecule has 5 rings (SSSR count). The van der Waals surface area contributed by atoms with E-state index in [1.807, 2.05) is 54.6 Å². The number of benzene rings is 3. The molecule has 0 radical (unpaired) electrons. The molecule has 0 aliphatic carbocycles. The topological polar surface area (TPSA) is 116 Å². The van der Waals surface area contributed by atoms with Gasteiger partial charge in [0.25, 0.3) is 11.8 Å². The number of aromatic nitrogens is 2. The third kappa shape index (κ3) is 5.70. The van der Waals surface area contributed by atoms with Crippen molar-refractivity contribution in [2.24, 2.45) is 0 Å². The molecule has 0 spiro atoms. The fourth-order valence-corrected chi connectivity index (χ4v) is 4.58. The van der Waals surface area contributed by atoms with E-state index in [0.717, 1.165) is 16.6 Å². The van der Waals surface area contributed by atoms with E-state index in [1.54, 1.807) is 32.3 Å². The first kappa shape index (κ1) is 26.6. The fraction of sp³-hybridized carbons (Fsp3) is 0.233. The van der Waals surface area contributed by atoms with E-state index < -0.39 is 11.9 Å². The molecule has 0 saturated carbocycles. The Hall–Kier alpha value is -4.99. The molecule has 1 N–H and O–H groups in total. The Labute approximate surface area is 231 Å². The van der Waals surface area contributed by atoms with Gasteiger partial charge in [0.2, 0.25) is 5.91 Å². The van der Waals surface area contributed by atoms with Gasteiger partial charge in [-0.3, -0.25) is 19.2 Å². The van der Waals surface area contributed by atoms with E-state index >= 15 is 0 Å². The van der Waals surface area contributed by atoms with E-state index in [9.17, 15) is 19.2 Å². The number of hydrogen-bond donors (Lipinski definition) is 1. The van der Waals surface area contributed by atoms with E-state index in [0.29, 0.717) is 17.1 Å². The largest absolute Gasteiger partial charge is 0.461 e. The minimum Gasteiger partial charge on any atom is -0.461 e. The molecule has 3 aromatic carbocycles. The van der Waals surface area contributed by atoms with Crippen LogP contribution in [-0.4, -0.2) is 70.6 Å². The summed E-state index contributed by atoms with van der Waals surface area (Å²) in [6, 6.07) is 21.6. The Bertz CT molecular complexity index is 1550. The molecule has 0 atom stereocenters. The van der Waals surface area contributed by atoms with Gasteiger partial charge in [-0.2, -0.15) is 0 Å². The lowest BCUT2D eigenvalue weighted by Crippen LogP contribution is -2.39. The number of amides is 3. The number of fused-ring (bicyclic) bond motifs is 2. The number of esters is 1. The van der Waals surface area contributed by atoms with Gasteiger partial charge in [0.1, 0.15) is 19.0 Å². The quantitative estimate of drug-likeness (QED) is 0.343. The number of rotatable bonds is 8. The van der Waals surface area contributed by atoms with Crippen LogP contribution in [0.2, 0.25) is 0 Å². The van der Waals surface area contributed by atoms with E-state index in [4.69, 9.17) is 4.74 Å². The maximum atomic E-state index is 13.3. The van der Waals surface area contributed by atoms with Gasteiger partial charge in [0.15, 0.2) is 0 Å². The standard InChI is InChI=1S/C30H29N5O5/c1-33(17-26-31-23-10-6-7-11-24(23)32-26)29(38)21-12-13-22-25(16-21)34(2)27(36)18-35(30(22)39)15-14-28(37)40-19-20-8-4-3-5-9-20/h3-13,16H,14-15,17-19H2,1-2H3,(H,31,32). The maximum absolute atomic E-state index is 13.3. The van der Waals surface area contributed by atoms with E-state index in [-0.39, 0.29) is 50.0 Å². The van der Waals surface area contributed by atoms with Gasteiger partial charge in [0.05, 0.1) is 35.2 Å². The number of hydrogen-bond acceptors (Lipinski definition) is 6. The summed E-state index contributed by atoms with van der Waals surface area (Å²) in [5.41, 5.74) is 3.52. The summed E-state index contributed by atoms with van der Waals surface area (Å²) in [5.74, 6) is -0.815. The number of nitrogens with one attached hydrogen (secondary N) is 1. The number of carbonyl (C=O) groups is 4. The predicted molar refractivity (Wildman–Crippen MR) is 149 cm³/mol. The number of para-hydroxylation sites is 2. The van der Waals surface area contributed by atoms with Crippen molar-refractivity contribution in [1.29, 1.82) is 0 Å². The zero-order chi connectivity index (χ0) is 28.2. The van der Waals surface area contributed by atoms with Crippen LogP contribution in [0.3, 0.4) is 0 Å². The van der Waals surface area contributed by atoms with Crippen molar-refractivity contribution in [2.45, 2.75) is 19.6 Å². The van der Waals surface area contributed by atoms with Crippen LogP contribution in [0.4, 0.5) is 5.69 Å². The molecular weight excluding hydrogens is 510 g/mol. The van der Waals surface area contributed by atoms with Crippen molar-refractivity contribution in [3.63, 3.8) is 0 Å². The molecule has 1 aliphatic rings. The molecule has 0 saturated heterocycles. The average Bonchev–Trinajstić information content (AvgIpc) is 3.36. The highest BCUT2D eigenvalue weighted by Crippen LogP contribution is 2.27. The molecular formula is C30H29N5O5. The molecule has 4 aromatic rings. The van der Waals surface area contributed by atoms with Gasteiger partial charge in [0, 0.05) is 26.2 Å². The lowest BCUT2D eigenvalue weighted by atomic mass is 10.1. The lowest BCUT2D eigenvalue weighted by Gasteiger charge is -2.19. The molecule has 204 valence electrons. The van der Waals surface area contributed by atoms with Crippen molar-refractivity contribution < 1.29 is 23.9 Å². The van der Waals surface area contributed by atoms with Gasteiger partial charge in [-0.15, -0.1) is 0 Å². The van der Waals surface area contributed by atoms with Crippen LogP contribution in [0.5, 0.6) is 0 Å². The zero-order valence-electron chi connectivity index (χ0n) is 22.3. The molecule has 10 heteroatoms. The number of imidazole rings is 1. The van der Waals surface area contributed by atoms with Crippen LogP contribution in [0.1, 0.15) is 38.5 Å². The Balaban J connectivity index is 1.26. The third-order valence-electron chi connectivity index (χ3n) is 6.82. The van der Waals surface area contributed by atoms with Gasteiger partial charge < -0.3 is 24.4 Å². The Morgan fingerprint density at radius 3 is 2.55 bits per heavy atom. The number of likely N-dealkylation sites (N-methyl/N-ethyl adjacent to an activating group) is 1. The maximum Gasteiger partial charge on any atom is 0.307 e. The Morgan fingerprint density at radius 2 is 1.77 bits per heavy atom. The van der Waals surface area contributed by atoms with E-state index in [1.165, 1.54) is 14.7 Å². The number of aromatic amines is 1. The highest BCUT2D eigenvalue weighted by Gasteiger charge is 2.31. The van der Waals surface area contributed by atoms with Gasteiger partial charge in [-0.1, -0.05) is 42.5 Å². The molecule has 0 unspecified atom stereocenters. The highest BCUT2D eigenvalue weighted by atomic mass is 16.5. The Kier molecular flexibility index (Phi) is 7.59. The van der Waals surface area contributed by atoms with Crippen molar-refractivity contribution in [1.82, 2.24) is 19.8 Å². The van der Waals surface area contributed by atoms with Crippen molar-refractivity contribution in [3.05, 3.63) is 95.3 Å². The smallest absolute Gasteiger partial charge is 0.307 e. The van der Waals surface area contributed by atoms with Gasteiger partial charge in [-0.25, -0.2) is 4.98 Å². The average molecular weight is 540 g/mol. The summed E-state index contributed by atoms with van der Waals surface area (Å²) >= 11 is 0. The van der Waals surface area contributed by atoms with Crippen LogP contribution in [0, 0.1) is 0 Å². The number of anilines is 1. The Morgan fingerprint density at radius 1 is 1.02 bits per heavy atom. The summed E-state index contributed by atoms with van der Waals surface area (Å²) in [6.45, 7) is 0.240. The lowest BCUT2D eigenvalue weighted by molar-refractivity contribution is -0.145. The summed E-state index contributed by atoms with van der Waals surface area (Å²) in [5, 5.41) is 0. The second kappa shape index (κ2) is 11.4. The normalized spacial score (nSPS) is 13.2. The molecule has 10 nitrogen and oxygen atoms in total. The summed E-state index contributed by atoms with van der Waals surface area (Å²) < 4.78 is 5.31. The zero-order valence-corrected chi connectivity index (χ0v) is 22.3. The first-order valence-corrected chi connectivity index (χ1v) is 12.9.